The maximum Gasteiger partial charge on any atom is 0.244 e. The van der Waals surface area contributed by atoms with Gasteiger partial charge < -0.3 is 10.2 Å². The van der Waals surface area contributed by atoms with Crippen molar-refractivity contribution >= 4 is 50.7 Å². The Labute approximate surface area is 252 Å². The smallest absolute Gasteiger partial charge is 0.244 e. The fraction of sp³-hybridized carbons (Fsp3) is 0.355. The number of nitrogens with one attached hydrogen (secondary N) is 1. The fourth-order valence-corrected chi connectivity index (χ4v) is 6.45. The molecule has 2 amide bonds. The van der Waals surface area contributed by atoms with Crippen molar-refractivity contribution in [2.45, 2.75) is 57.7 Å². The van der Waals surface area contributed by atoms with Crippen LogP contribution in [0.3, 0.4) is 0 Å². The van der Waals surface area contributed by atoms with Gasteiger partial charge in [0.25, 0.3) is 0 Å². The second-order valence-corrected chi connectivity index (χ2v) is 13.3. The number of sulfonamides is 1. The molecule has 1 atom stereocenters. The van der Waals surface area contributed by atoms with Crippen molar-refractivity contribution in [1.29, 1.82) is 0 Å². The number of anilines is 1. The molecule has 3 aromatic rings. The zero-order chi connectivity index (χ0) is 29.6. The average Bonchev–Trinajstić information content (AvgIpc) is 3.44. The Kier molecular flexibility index (Phi) is 10.3. The van der Waals surface area contributed by atoms with Crippen LogP contribution in [0, 0.1) is 6.92 Å². The minimum atomic E-state index is -3.95. The first kappa shape index (κ1) is 30.9. The molecule has 0 unspecified atom stereocenters. The molecule has 1 fully saturated rings. The van der Waals surface area contributed by atoms with Gasteiger partial charge in [0.2, 0.25) is 21.8 Å². The standard InChI is InChI=1S/C31H35Cl2N3O4S/c1-22-10-6-7-13-24(22)20-35(30(37)21-36(41(2,39)40)28-19-25(32)16-17-27(28)33)29(18-23-11-4-3-5-12-23)31(38)34-26-14-8-9-15-26/h3-7,10-13,16-17,19,26,29H,8-9,14-15,18,20-21H2,1-2H3,(H,34,38)/t29-/m0/s1. The number of halogens is 2. The van der Waals surface area contributed by atoms with E-state index in [0.29, 0.717) is 0 Å². The van der Waals surface area contributed by atoms with Gasteiger partial charge in [-0.2, -0.15) is 0 Å². The van der Waals surface area contributed by atoms with Crippen LogP contribution in [0.2, 0.25) is 10.0 Å². The predicted molar refractivity (Wildman–Crippen MR) is 165 cm³/mol. The second kappa shape index (κ2) is 13.7. The van der Waals surface area contributed by atoms with Crippen LogP contribution in [0.5, 0.6) is 0 Å². The first-order chi connectivity index (χ1) is 19.5. The van der Waals surface area contributed by atoms with E-state index in [1.165, 1.54) is 17.0 Å². The van der Waals surface area contributed by atoms with Crippen molar-refractivity contribution in [2.75, 3.05) is 17.1 Å². The highest BCUT2D eigenvalue weighted by Crippen LogP contribution is 2.31. The maximum absolute atomic E-state index is 14.2. The molecule has 41 heavy (non-hydrogen) atoms. The fourth-order valence-electron chi connectivity index (χ4n) is 5.16. The zero-order valence-corrected chi connectivity index (χ0v) is 25.6. The number of amides is 2. The molecule has 10 heteroatoms. The molecule has 218 valence electrons. The molecule has 0 saturated heterocycles. The highest BCUT2D eigenvalue weighted by molar-refractivity contribution is 7.92. The van der Waals surface area contributed by atoms with Crippen molar-refractivity contribution in [3.63, 3.8) is 0 Å². The Balaban J connectivity index is 1.75. The van der Waals surface area contributed by atoms with Crippen LogP contribution >= 0.6 is 23.2 Å². The van der Waals surface area contributed by atoms with Crippen molar-refractivity contribution in [2.24, 2.45) is 0 Å². The summed E-state index contributed by atoms with van der Waals surface area (Å²) in [5.74, 6) is -0.786. The number of benzene rings is 3. The molecule has 1 aliphatic carbocycles. The Morgan fingerprint density at radius 1 is 0.976 bits per heavy atom. The third-order valence-corrected chi connectivity index (χ3v) is 9.11. The first-order valence-electron chi connectivity index (χ1n) is 13.6. The normalized spacial score (nSPS) is 14.4. The van der Waals surface area contributed by atoms with Gasteiger partial charge in [0, 0.05) is 24.0 Å². The molecule has 0 radical (unpaired) electrons. The van der Waals surface area contributed by atoms with Gasteiger partial charge in [-0.1, -0.05) is 90.6 Å². The van der Waals surface area contributed by atoms with E-state index in [9.17, 15) is 18.0 Å². The Morgan fingerprint density at radius 2 is 1.63 bits per heavy atom. The van der Waals surface area contributed by atoms with Crippen LogP contribution in [-0.4, -0.2) is 50.0 Å². The topological polar surface area (TPSA) is 86.8 Å². The van der Waals surface area contributed by atoms with E-state index < -0.39 is 28.5 Å². The summed E-state index contributed by atoms with van der Waals surface area (Å²) in [4.78, 5) is 29.6. The van der Waals surface area contributed by atoms with Crippen molar-refractivity contribution < 1.29 is 18.0 Å². The van der Waals surface area contributed by atoms with Gasteiger partial charge in [-0.05, 0) is 54.7 Å². The van der Waals surface area contributed by atoms with Crippen LogP contribution in [0.25, 0.3) is 0 Å². The van der Waals surface area contributed by atoms with Crippen LogP contribution in [0.4, 0.5) is 5.69 Å². The van der Waals surface area contributed by atoms with Crippen LogP contribution < -0.4 is 9.62 Å². The number of carbonyl (C=O) groups excluding carboxylic acids is 2. The van der Waals surface area contributed by atoms with Gasteiger partial charge in [0.1, 0.15) is 12.6 Å². The number of carbonyl (C=O) groups is 2. The van der Waals surface area contributed by atoms with Crippen molar-refractivity contribution in [3.8, 4) is 0 Å². The summed E-state index contributed by atoms with van der Waals surface area (Å²) in [6.45, 7) is 1.52. The average molecular weight is 617 g/mol. The molecule has 0 aromatic heterocycles. The van der Waals surface area contributed by atoms with Gasteiger partial charge >= 0.3 is 0 Å². The molecule has 0 heterocycles. The second-order valence-electron chi connectivity index (χ2n) is 10.5. The van der Waals surface area contributed by atoms with Crippen LogP contribution in [0.1, 0.15) is 42.4 Å². The number of rotatable bonds is 11. The SMILES string of the molecule is Cc1ccccc1CN(C(=O)CN(c1cc(Cl)ccc1Cl)S(C)(=O)=O)[C@@H](Cc1ccccc1)C(=O)NC1CCCC1. The molecule has 0 spiro atoms. The van der Waals surface area contributed by atoms with E-state index in [1.807, 2.05) is 61.5 Å². The minimum absolute atomic E-state index is 0.0500. The van der Waals surface area contributed by atoms with E-state index in [1.54, 1.807) is 6.07 Å². The van der Waals surface area contributed by atoms with Gasteiger partial charge in [-0.15, -0.1) is 0 Å². The van der Waals surface area contributed by atoms with E-state index in [0.717, 1.165) is 52.9 Å². The summed E-state index contributed by atoms with van der Waals surface area (Å²) < 4.78 is 26.9. The molecule has 0 aliphatic heterocycles. The van der Waals surface area contributed by atoms with E-state index in [4.69, 9.17) is 23.2 Å². The number of hydrogen-bond donors (Lipinski definition) is 1. The molecule has 1 N–H and O–H groups in total. The van der Waals surface area contributed by atoms with Gasteiger partial charge in [0.15, 0.2) is 0 Å². The van der Waals surface area contributed by atoms with Crippen molar-refractivity contribution in [3.05, 3.63) is 99.5 Å². The molecular formula is C31H35Cl2N3O4S. The number of aryl methyl sites for hydroxylation is 1. The molecule has 1 saturated carbocycles. The molecule has 1 aliphatic rings. The van der Waals surface area contributed by atoms with Crippen LogP contribution in [-0.2, 0) is 32.6 Å². The molecule has 0 bridgehead atoms. The Morgan fingerprint density at radius 3 is 2.29 bits per heavy atom. The number of hydrogen-bond acceptors (Lipinski definition) is 4. The van der Waals surface area contributed by atoms with Crippen molar-refractivity contribution in [1.82, 2.24) is 10.2 Å². The largest absolute Gasteiger partial charge is 0.352 e. The molecule has 7 nitrogen and oxygen atoms in total. The lowest BCUT2D eigenvalue weighted by molar-refractivity contribution is -0.140. The minimum Gasteiger partial charge on any atom is -0.352 e. The summed E-state index contributed by atoms with van der Waals surface area (Å²) in [6, 6.07) is 20.8. The summed E-state index contributed by atoms with van der Waals surface area (Å²) in [5.41, 5.74) is 2.80. The highest BCUT2D eigenvalue weighted by Gasteiger charge is 2.34. The summed E-state index contributed by atoms with van der Waals surface area (Å²) in [7, 11) is -3.95. The third kappa shape index (κ3) is 8.24. The van der Waals surface area contributed by atoms with Crippen LogP contribution in [0.15, 0.2) is 72.8 Å². The van der Waals surface area contributed by atoms with E-state index in [-0.39, 0.29) is 40.6 Å². The quantitative estimate of drug-likeness (QED) is 0.297. The molecular weight excluding hydrogens is 581 g/mol. The van der Waals surface area contributed by atoms with E-state index >= 15 is 0 Å². The maximum atomic E-state index is 14.2. The van der Waals surface area contributed by atoms with Gasteiger partial charge in [-0.25, -0.2) is 8.42 Å². The highest BCUT2D eigenvalue weighted by atomic mass is 35.5. The lowest BCUT2D eigenvalue weighted by Gasteiger charge is -2.34. The van der Waals surface area contributed by atoms with E-state index in [2.05, 4.69) is 5.32 Å². The summed E-state index contributed by atoms with van der Waals surface area (Å²) in [6.07, 6.45) is 5.16. The molecule has 4 rings (SSSR count). The lowest BCUT2D eigenvalue weighted by atomic mass is 10.0. The molecule has 3 aromatic carbocycles. The zero-order valence-electron chi connectivity index (χ0n) is 23.2. The third-order valence-electron chi connectivity index (χ3n) is 7.43. The number of nitrogens with zero attached hydrogens (tertiary/aromatic N) is 2. The van der Waals surface area contributed by atoms with Gasteiger partial charge in [-0.3, -0.25) is 13.9 Å². The predicted octanol–water partition coefficient (Wildman–Crippen LogP) is 5.77. The Bertz CT molecular complexity index is 1480. The summed E-state index contributed by atoms with van der Waals surface area (Å²) in [5, 5.41) is 3.58. The lowest BCUT2D eigenvalue weighted by Crippen LogP contribution is -2.54. The summed E-state index contributed by atoms with van der Waals surface area (Å²) >= 11 is 12.5. The first-order valence-corrected chi connectivity index (χ1v) is 16.2. The monoisotopic (exact) mass is 615 g/mol. The van der Waals surface area contributed by atoms with Gasteiger partial charge in [0.05, 0.1) is 17.0 Å². The Hall–Kier alpha value is -3.07.